The number of likely N-dealkylation sites (N-methyl/N-ethyl adjacent to an activating group) is 1. The van der Waals surface area contributed by atoms with E-state index in [4.69, 9.17) is 0 Å². The highest BCUT2D eigenvalue weighted by Gasteiger charge is 2.25. The normalized spacial score (nSPS) is 15.8. The van der Waals surface area contributed by atoms with Crippen molar-refractivity contribution in [2.24, 2.45) is 0 Å². The molecular weight excluding hydrogens is 306 g/mol. The van der Waals surface area contributed by atoms with E-state index in [1.807, 2.05) is 19.4 Å². The summed E-state index contributed by atoms with van der Waals surface area (Å²) in [4.78, 5) is 3.47. The molecule has 21 heavy (non-hydrogen) atoms. The number of nitrogens with zero attached hydrogens (tertiary/aromatic N) is 1. The summed E-state index contributed by atoms with van der Waals surface area (Å²) < 4.78 is 27.7. The molecule has 0 amide bonds. The largest absolute Gasteiger partial charge is 0.309 e. The van der Waals surface area contributed by atoms with Gasteiger partial charge in [0.2, 0.25) is 10.0 Å². The van der Waals surface area contributed by atoms with E-state index in [1.165, 1.54) is 24.2 Å². The predicted octanol–water partition coefficient (Wildman–Crippen LogP) is 1.54. The summed E-state index contributed by atoms with van der Waals surface area (Å²) in [5.74, 6) is 0. The van der Waals surface area contributed by atoms with Crippen LogP contribution in [-0.2, 0) is 16.6 Å². The lowest BCUT2D eigenvalue weighted by molar-refractivity contribution is 0.358. The Labute approximate surface area is 131 Å². The molecule has 2 rings (SSSR count). The van der Waals surface area contributed by atoms with E-state index in [-0.39, 0.29) is 0 Å². The van der Waals surface area contributed by atoms with Crippen molar-refractivity contribution in [2.45, 2.75) is 44.2 Å². The molecule has 1 aromatic rings. The lowest BCUT2D eigenvalue weighted by atomic mass is 10.3. The maximum atomic E-state index is 12.5. The molecule has 7 heteroatoms. The summed E-state index contributed by atoms with van der Waals surface area (Å²) in [5, 5.41) is 5.32. The number of aryl methyl sites for hydroxylation is 1. The first-order valence-electron chi connectivity index (χ1n) is 7.42. The van der Waals surface area contributed by atoms with Gasteiger partial charge in [0.25, 0.3) is 0 Å². The Morgan fingerprint density at radius 1 is 1.43 bits per heavy atom. The number of thiophene rings is 1. The minimum absolute atomic E-state index is 0.442. The summed E-state index contributed by atoms with van der Waals surface area (Å²) in [6, 6.07) is 0.578. The van der Waals surface area contributed by atoms with E-state index < -0.39 is 10.0 Å². The lowest BCUT2D eigenvalue weighted by Gasteiger charge is -2.15. The average Bonchev–Trinajstić information content (AvgIpc) is 3.18. The van der Waals surface area contributed by atoms with E-state index >= 15 is 0 Å². The van der Waals surface area contributed by atoms with Gasteiger partial charge in [0.05, 0.1) is 0 Å². The van der Waals surface area contributed by atoms with Crippen molar-refractivity contribution in [1.82, 2.24) is 14.9 Å². The Morgan fingerprint density at radius 2 is 2.14 bits per heavy atom. The van der Waals surface area contributed by atoms with Gasteiger partial charge in [0.1, 0.15) is 4.90 Å². The molecule has 1 aliphatic rings. The van der Waals surface area contributed by atoms with Gasteiger partial charge >= 0.3 is 0 Å². The third-order valence-corrected chi connectivity index (χ3v) is 6.64. The Balaban J connectivity index is 2.01. The first-order chi connectivity index (χ1) is 9.94. The van der Waals surface area contributed by atoms with Gasteiger partial charge in [-0.15, -0.1) is 11.3 Å². The Hall–Kier alpha value is -0.470. The second kappa shape index (κ2) is 7.19. The minimum Gasteiger partial charge on any atom is -0.309 e. The van der Waals surface area contributed by atoms with Crippen LogP contribution in [0.3, 0.4) is 0 Å². The first-order valence-corrected chi connectivity index (χ1v) is 9.79. The maximum Gasteiger partial charge on any atom is 0.242 e. The fourth-order valence-electron chi connectivity index (χ4n) is 2.10. The van der Waals surface area contributed by atoms with Crippen LogP contribution in [0.2, 0.25) is 0 Å². The van der Waals surface area contributed by atoms with E-state index in [0.717, 1.165) is 17.0 Å². The molecule has 0 aliphatic heterocycles. The SMILES string of the molecule is CCN(C)CCNS(=O)(=O)c1c(C)csc1CNC1CC1. The quantitative estimate of drug-likeness (QED) is 0.720. The van der Waals surface area contributed by atoms with Crippen LogP contribution in [-0.4, -0.2) is 46.0 Å². The lowest BCUT2D eigenvalue weighted by Crippen LogP contribution is -2.33. The van der Waals surface area contributed by atoms with Gasteiger partial charge in [-0.2, -0.15) is 0 Å². The van der Waals surface area contributed by atoms with E-state index in [2.05, 4.69) is 21.9 Å². The topological polar surface area (TPSA) is 61.4 Å². The van der Waals surface area contributed by atoms with E-state index in [9.17, 15) is 8.42 Å². The second-order valence-corrected chi connectivity index (χ2v) is 8.29. The zero-order valence-corrected chi connectivity index (χ0v) is 14.6. The van der Waals surface area contributed by atoms with Crippen LogP contribution >= 0.6 is 11.3 Å². The van der Waals surface area contributed by atoms with Crippen molar-refractivity contribution in [3.8, 4) is 0 Å². The highest BCUT2D eigenvalue weighted by molar-refractivity contribution is 7.89. The number of hydrogen-bond donors (Lipinski definition) is 2. The Kier molecular flexibility index (Phi) is 5.79. The van der Waals surface area contributed by atoms with Crippen molar-refractivity contribution in [1.29, 1.82) is 0 Å². The number of sulfonamides is 1. The first kappa shape index (κ1) is 16.9. The number of hydrogen-bond acceptors (Lipinski definition) is 5. The highest BCUT2D eigenvalue weighted by atomic mass is 32.2. The van der Waals surface area contributed by atoms with Crippen molar-refractivity contribution in [3.63, 3.8) is 0 Å². The summed E-state index contributed by atoms with van der Waals surface area (Å²) in [6.45, 7) is 6.64. The zero-order valence-electron chi connectivity index (χ0n) is 13.0. The molecule has 1 aromatic heterocycles. The third kappa shape index (κ3) is 4.75. The second-order valence-electron chi connectivity index (χ2n) is 5.62. The molecule has 0 unspecified atom stereocenters. The molecule has 1 saturated carbocycles. The van der Waals surface area contributed by atoms with Crippen LogP contribution in [0, 0.1) is 6.92 Å². The molecule has 5 nitrogen and oxygen atoms in total. The molecular formula is C14H25N3O2S2. The molecule has 2 N–H and O–H groups in total. The third-order valence-electron chi connectivity index (χ3n) is 3.71. The molecule has 0 radical (unpaired) electrons. The summed E-state index contributed by atoms with van der Waals surface area (Å²) in [6.07, 6.45) is 2.40. The fourth-order valence-corrected chi connectivity index (χ4v) is 4.87. The van der Waals surface area contributed by atoms with E-state index in [1.54, 1.807) is 0 Å². The van der Waals surface area contributed by atoms with Gasteiger partial charge < -0.3 is 10.2 Å². The average molecular weight is 332 g/mol. The zero-order chi connectivity index (χ0) is 15.5. The number of rotatable bonds is 9. The van der Waals surface area contributed by atoms with Crippen molar-refractivity contribution in [3.05, 3.63) is 15.8 Å². The maximum absolute atomic E-state index is 12.5. The van der Waals surface area contributed by atoms with Gasteiger partial charge in [-0.25, -0.2) is 13.1 Å². The summed E-state index contributed by atoms with van der Waals surface area (Å²) in [5.41, 5.74) is 0.837. The number of nitrogens with one attached hydrogen (secondary N) is 2. The van der Waals surface area contributed by atoms with Gasteiger partial charge in [-0.1, -0.05) is 6.92 Å². The van der Waals surface area contributed by atoms with E-state index in [0.29, 0.717) is 30.6 Å². The van der Waals surface area contributed by atoms with Crippen LogP contribution in [0.25, 0.3) is 0 Å². The molecule has 0 spiro atoms. The van der Waals surface area contributed by atoms with Gasteiger partial charge in [-0.3, -0.25) is 0 Å². The molecule has 0 saturated heterocycles. The molecule has 120 valence electrons. The molecule has 0 bridgehead atoms. The smallest absolute Gasteiger partial charge is 0.242 e. The van der Waals surface area contributed by atoms with Crippen LogP contribution in [0.1, 0.15) is 30.2 Å². The molecule has 1 fully saturated rings. The van der Waals surface area contributed by atoms with Crippen LogP contribution in [0.4, 0.5) is 0 Å². The Bertz CT molecular complexity index is 565. The standard InChI is InChI=1S/C14H25N3O2S2/c1-4-17(3)8-7-16-21(18,19)14-11(2)10-20-13(14)9-15-12-5-6-12/h10,12,15-16H,4-9H2,1-3H3. The molecule has 1 aliphatic carbocycles. The molecule has 0 atom stereocenters. The molecule has 0 aromatic carbocycles. The minimum atomic E-state index is -3.42. The van der Waals surface area contributed by atoms with Crippen LogP contribution < -0.4 is 10.0 Å². The fraction of sp³-hybridized carbons (Fsp3) is 0.714. The monoisotopic (exact) mass is 331 g/mol. The summed E-state index contributed by atoms with van der Waals surface area (Å²) in [7, 11) is -1.43. The highest BCUT2D eigenvalue weighted by Crippen LogP contribution is 2.28. The summed E-state index contributed by atoms with van der Waals surface area (Å²) >= 11 is 1.52. The van der Waals surface area contributed by atoms with Gasteiger partial charge in [0.15, 0.2) is 0 Å². The predicted molar refractivity (Wildman–Crippen MR) is 87.3 cm³/mol. The van der Waals surface area contributed by atoms with Gasteiger partial charge in [-0.05, 0) is 44.3 Å². The van der Waals surface area contributed by atoms with Crippen LogP contribution in [0.5, 0.6) is 0 Å². The van der Waals surface area contributed by atoms with Crippen molar-refractivity contribution >= 4 is 21.4 Å². The van der Waals surface area contributed by atoms with Crippen molar-refractivity contribution < 1.29 is 8.42 Å². The molecule has 1 heterocycles. The van der Waals surface area contributed by atoms with Crippen LogP contribution in [0.15, 0.2) is 10.3 Å². The Morgan fingerprint density at radius 3 is 2.76 bits per heavy atom. The van der Waals surface area contributed by atoms with Gasteiger partial charge in [0, 0.05) is 30.6 Å². The van der Waals surface area contributed by atoms with Crippen molar-refractivity contribution in [2.75, 3.05) is 26.7 Å².